The van der Waals surface area contributed by atoms with Crippen molar-refractivity contribution in [2.45, 2.75) is 64.5 Å². The van der Waals surface area contributed by atoms with Crippen LogP contribution in [0.25, 0.3) is 0 Å². The van der Waals surface area contributed by atoms with E-state index in [-0.39, 0.29) is 22.4 Å². The molecule has 188 valence electrons. The molecule has 0 fully saturated rings. The van der Waals surface area contributed by atoms with Crippen LogP contribution in [0.1, 0.15) is 33.3 Å². The van der Waals surface area contributed by atoms with Crippen LogP contribution in [0.15, 0.2) is 34.2 Å². The lowest BCUT2D eigenvalue weighted by atomic mass is 9.91. The van der Waals surface area contributed by atoms with Gasteiger partial charge < -0.3 is 14.6 Å². The molecule has 0 bridgehead atoms. The predicted molar refractivity (Wildman–Crippen MR) is 131 cm³/mol. The van der Waals surface area contributed by atoms with Crippen LogP contribution >= 0.6 is 11.8 Å². The first kappa shape index (κ1) is 28.0. The number of hydrogen-bond acceptors (Lipinski definition) is 6. The molecule has 1 aliphatic rings. The molecule has 0 spiro atoms. The maximum absolute atomic E-state index is 14.7. The first-order chi connectivity index (χ1) is 15.5. The molecular weight excluding hydrogens is 482 g/mol. The van der Waals surface area contributed by atoms with E-state index in [1.165, 1.54) is 25.1 Å². The summed E-state index contributed by atoms with van der Waals surface area (Å²) in [6, 6.07) is 4.45. The minimum atomic E-state index is -1.58. The summed E-state index contributed by atoms with van der Waals surface area (Å²) >= 11 is 0.722. The summed E-state index contributed by atoms with van der Waals surface area (Å²) in [5.41, 5.74) is -2.58. The van der Waals surface area contributed by atoms with Gasteiger partial charge in [-0.05, 0) is 57.6 Å². The van der Waals surface area contributed by atoms with Gasteiger partial charge in [0.15, 0.2) is 16.8 Å². The standard InChI is InChI=1S/C23H32F2N2O5SSi/c1-22(2,3)32-21(30)27(14-31-11-12-34(5,6)7)20-26-23(4,13-17(33-20)19(28)29)15-9-8-10-16(24)18(15)25/h8-10,13H,11-12,14H2,1-7H3,(H,28,29)/t23-/m0/s1. The molecule has 1 aliphatic heterocycles. The topological polar surface area (TPSA) is 88.4 Å². The molecule has 0 aliphatic carbocycles. The molecule has 1 heterocycles. The molecule has 0 radical (unpaired) electrons. The highest BCUT2D eigenvalue weighted by atomic mass is 32.2. The second-order valence-electron chi connectivity index (χ2n) is 10.3. The lowest BCUT2D eigenvalue weighted by Gasteiger charge is -2.33. The van der Waals surface area contributed by atoms with Crippen LogP contribution in [0.4, 0.5) is 13.6 Å². The van der Waals surface area contributed by atoms with E-state index in [2.05, 4.69) is 24.6 Å². The lowest BCUT2D eigenvalue weighted by Crippen LogP contribution is -2.43. The van der Waals surface area contributed by atoms with Crippen molar-refractivity contribution in [3.05, 3.63) is 46.4 Å². The number of carboxylic acids is 1. The highest BCUT2D eigenvalue weighted by Gasteiger charge is 2.38. The number of thioether (sulfide) groups is 1. The zero-order chi connectivity index (χ0) is 25.9. The highest BCUT2D eigenvalue weighted by Crippen LogP contribution is 2.39. The van der Waals surface area contributed by atoms with E-state index in [9.17, 15) is 23.5 Å². The minimum absolute atomic E-state index is 0.0479. The number of amides is 1. The van der Waals surface area contributed by atoms with Gasteiger partial charge in [-0.25, -0.2) is 28.3 Å². The third-order valence-corrected chi connectivity index (χ3v) is 7.42. The molecular formula is C23H32F2N2O5SSi. The molecule has 1 aromatic carbocycles. The number of carbonyl (C=O) groups excluding carboxylic acids is 1. The molecule has 0 unspecified atom stereocenters. The average molecular weight is 515 g/mol. The number of amidine groups is 1. The third kappa shape index (κ3) is 7.64. The van der Waals surface area contributed by atoms with Crippen LogP contribution in [-0.4, -0.2) is 54.2 Å². The lowest BCUT2D eigenvalue weighted by molar-refractivity contribution is -0.131. The van der Waals surface area contributed by atoms with Crippen LogP contribution in [-0.2, 0) is 19.8 Å². The molecule has 0 saturated heterocycles. The van der Waals surface area contributed by atoms with Crippen LogP contribution in [0.3, 0.4) is 0 Å². The van der Waals surface area contributed by atoms with Gasteiger partial charge in [-0.15, -0.1) is 0 Å². The number of halogens is 2. The summed E-state index contributed by atoms with van der Waals surface area (Å²) in [4.78, 5) is 30.3. The Balaban J connectivity index is 2.50. The first-order valence-corrected chi connectivity index (χ1v) is 15.3. The summed E-state index contributed by atoms with van der Waals surface area (Å²) in [6.07, 6.45) is 0.446. The molecule has 7 nitrogen and oxygen atoms in total. The fourth-order valence-corrected chi connectivity index (χ4v) is 4.73. The Bertz CT molecular complexity index is 1000. The Morgan fingerprint density at radius 3 is 2.44 bits per heavy atom. The summed E-state index contributed by atoms with van der Waals surface area (Å²) in [7, 11) is -1.40. The van der Waals surface area contributed by atoms with Crippen LogP contribution in [0.2, 0.25) is 25.7 Å². The minimum Gasteiger partial charge on any atom is -0.477 e. The van der Waals surface area contributed by atoms with Gasteiger partial charge in [-0.1, -0.05) is 31.8 Å². The highest BCUT2D eigenvalue weighted by molar-refractivity contribution is 8.17. The molecule has 34 heavy (non-hydrogen) atoms. The smallest absolute Gasteiger partial charge is 0.418 e. The number of rotatable bonds is 7. The summed E-state index contributed by atoms with van der Waals surface area (Å²) in [6.45, 7) is 13.3. The van der Waals surface area contributed by atoms with Gasteiger partial charge in [0.25, 0.3) is 0 Å². The van der Waals surface area contributed by atoms with Gasteiger partial charge >= 0.3 is 12.1 Å². The summed E-state index contributed by atoms with van der Waals surface area (Å²) in [5.74, 6) is -3.52. The van der Waals surface area contributed by atoms with Crippen molar-refractivity contribution in [2.75, 3.05) is 13.3 Å². The van der Waals surface area contributed by atoms with Gasteiger partial charge in [0.1, 0.15) is 17.9 Å². The van der Waals surface area contributed by atoms with Crippen molar-refractivity contribution in [1.82, 2.24) is 4.90 Å². The fourth-order valence-electron chi connectivity index (χ4n) is 2.93. The van der Waals surface area contributed by atoms with Crippen LogP contribution in [0.5, 0.6) is 0 Å². The molecule has 1 amide bonds. The molecule has 1 N–H and O–H groups in total. The Labute approximate surface area is 204 Å². The van der Waals surface area contributed by atoms with Crippen molar-refractivity contribution in [3.63, 3.8) is 0 Å². The average Bonchev–Trinajstić information content (AvgIpc) is 2.67. The number of nitrogens with zero attached hydrogens (tertiary/aromatic N) is 2. The molecule has 11 heteroatoms. The Morgan fingerprint density at radius 2 is 1.88 bits per heavy atom. The van der Waals surface area contributed by atoms with E-state index in [4.69, 9.17) is 9.47 Å². The second-order valence-corrected chi connectivity index (χ2v) is 16.9. The molecule has 1 atom stereocenters. The van der Waals surface area contributed by atoms with Gasteiger partial charge in [-0.2, -0.15) is 0 Å². The molecule has 0 aromatic heterocycles. The Hall–Kier alpha value is -2.24. The van der Waals surface area contributed by atoms with Crippen molar-refractivity contribution in [3.8, 4) is 0 Å². The fraction of sp³-hybridized carbons (Fsp3) is 0.522. The molecule has 2 rings (SSSR count). The number of carbonyl (C=O) groups is 2. The van der Waals surface area contributed by atoms with Gasteiger partial charge in [-0.3, -0.25) is 0 Å². The Kier molecular flexibility index (Phi) is 8.70. The SMILES string of the molecule is CC(C)(C)OC(=O)N(COCC[Si](C)(C)C)C1=N[C@](C)(c2cccc(F)c2F)C=C(C(=O)O)S1. The van der Waals surface area contributed by atoms with Gasteiger partial charge in [0, 0.05) is 20.2 Å². The van der Waals surface area contributed by atoms with Crippen molar-refractivity contribution < 1.29 is 33.0 Å². The van der Waals surface area contributed by atoms with Gasteiger partial charge in [0.2, 0.25) is 0 Å². The normalized spacial score (nSPS) is 18.7. The van der Waals surface area contributed by atoms with E-state index in [0.29, 0.717) is 6.61 Å². The van der Waals surface area contributed by atoms with E-state index in [0.717, 1.165) is 28.8 Å². The number of ether oxygens (including phenoxy) is 2. The quantitative estimate of drug-likeness (QED) is 0.281. The monoisotopic (exact) mass is 514 g/mol. The Morgan fingerprint density at radius 1 is 1.24 bits per heavy atom. The van der Waals surface area contributed by atoms with Crippen molar-refractivity contribution in [1.29, 1.82) is 0 Å². The molecule has 1 aromatic rings. The second kappa shape index (κ2) is 10.6. The number of benzene rings is 1. The predicted octanol–water partition coefficient (Wildman–Crippen LogP) is 5.80. The molecule has 0 saturated carbocycles. The van der Waals surface area contributed by atoms with Crippen molar-refractivity contribution >= 4 is 37.1 Å². The van der Waals surface area contributed by atoms with Gasteiger partial charge in [0.05, 0.1) is 4.91 Å². The van der Waals surface area contributed by atoms with E-state index in [1.54, 1.807) is 20.8 Å². The maximum Gasteiger partial charge on any atom is 0.418 e. The van der Waals surface area contributed by atoms with E-state index < -0.39 is 42.9 Å². The van der Waals surface area contributed by atoms with Crippen LogP contribution in [0, 0.1) is 11.6 Å². The number of hydrogen-bond donors (Lipinski definition) is 1. The zero-order valence-corrected chi connectivity index (χ0v) is 22.4. The van der Waals surface area contributed by atoms with E-state index >= 15 is 0 Å². The van der Waals surface area contributed by atoms with E-state index in [1.807, 2.05) is 0 Å². The number of carboxylic acid groups (broad SMARTS) is 1. The number of aliphatic imine (C=N–C) groups is 1. The largest absolute Gasteiger partial charge is 0.477 e. The summed E-state index contributed by atoms with van der Waals surface area (Å²) < 4.78 is 39.9. The number of aliphatic carboxylic acids is 1. The summed E-state index contributed by atoms with van der Waals surface area (Å²) in [5, 5.41) is 9.65. The first-order valence-electron chi connectivity index (χ1n) is 10.8. The third-order valence-electron chi connectivity index (χ3n) is 4.71. The maximum atomic E-state index is 14.7. The van der Waals surface area contributed by atoms with Crippen LogP contribution < -0.4 is 0 Å². The van der Waals surface area contributed by atoms with Crippen molar-refractivity contribution in [2.24, 2.45) is 4.99 Å². The zero-order valence-electron chi connectivity index (χ0n) is 20.6.